The zero-order valence-electron chi connectivity index (χ0n) is 8.01. The first-order chi connectivity index (χ1) is 6.68. The largest absolute Gasteiger partial charge is 0.326 e. The fourth-order valence-corrected chi connectivity index (χ4v) is 1.69. The molecule has 1 aromatic carbocycles. The van der Waals surface area contributed by atoms with Gasteiger partial charge in [-0.05, 0) is 37.5 Å². The van der Waals surface area contributed by atoms with Crippen molar-refractivity contribution in [1.29, 1.82) is 0 Å². The number of nitrogens with one attached hydrogen (secondary N) is 1. The van der Waals surface area contributed by atoms with Gasteiger partial charge in [0, 0.05) is 16.1 Å². The molecule has 1 fully saturated rings. The van der Waals surface area contributed by atoms with Crippen LogP contribution in [0.1, 0.15) is 18.4 Å². The average Bonchev–Trinajstić information content (AvgIpc) is 2.95. The molecule has 0 saturated heterocycles. The van der Waals surface area contributed by atoms with Crippen LogP contribution in [-0.2, 0) is 4.79 Å². The summed E-state index contributed by atoms with van der Waals surface area (Å²) in [5.41, 5.74) is 2.00. The lowest BCUT2D eigenvalue weighted by molar-refractivity contribution is -0.117. The minimum atomic E-state index is 0.159. The number of anilines is 1. The van der Waals surface area contributed by atoms with Crippen LogP contribution in [0.2, 0.25) is 0 Å². The SMILES string of the molecule is Cc1c(Br)cccc1NC(=O)C1CC1. The molecule has 3 heteroatoms. The number of benzene rings is 1. The van der Waals surface area contributed by atoms with Gasteiger partial charge in [-0.2, -0.15) is 0 Å². The second-order valence-electron chi connectivity index (χ2n) is 3.68. The van der Waals surface area contributed by atoms with E-state index in [-0.39, 0.29) is 11.8 Å². The Balaban J connectivity index is 2.15. The minimum absolute atomic E-state index is 0.159. The van der Waals surface area contributed by atoms with E-state index in [0.29, 0.717) is 0 Å². The predicted octanol–water partition coefficient (Wildman–Crippen LogP) is 3.11. The lowest BCUT2D eigenvalue weighted by Crippen LogP contribution is -2.14. The smallest absolute Gasteiger partial charge is 0.227 e. The summed E-state index contributed by atoms with van der Waals surface area (Å²) < 4.78 is 1.03. The molecule has 0 aliphatic heterocycles. The van der Waals surface area contributed by atoms with Gasteiger partial charge in [-0.15, -0.1) is 0 Å². The Labute approximate surface area is 91.8 Å². The summed E-state index contributed by atoms with van der Waals surface area (Å²) in [5.74, 6) is 0.416. The first-order valence-electron chi connectivity index (χ1n) is 4.74. The normalized spacial score (nSPS) is 15.3. The highest BCUT2D eigenvalue weighted by atomic mass is 79.9. The lowest BCUT2D eigenvalue weighted by Gasteiger charge is -2.08. The van der Waals surface area contributed by atoms with Crippen LogP contribution >= 0.6 is 15.9 Å². The van der Waals surface area contributed by atoms with Gasteiger partial charge in [0.05, 0.1) is 0 Å². The topological polar surface area (TPSA) is 29.1 Å². The summed E-state index contributed by atoms with van der Waals surface area (Å²) in [6.07, 6.45) is 2.08. The van der Waals surface area contributed by atoms with Crippen molar-refractivity contribution < 1.29 is 4.79 Å². The third kappa shape index (κ3) is 1.98. The number of hydrogen-bond acceptors (Lipinski definition) is 1. The summed E-state index contributed by atoms with van der Waals surface area (Å²) in [4.78, 5) is 11.5. The number of rotatable bonds is 2. The molecular weight excluding hydrogens is 242 g/mol. The van der Waals surface area contributed by atoms with Gasteiger partial charge < -0.3 is 5.32 Å². The molecular formula is C11H12BrNO. The first kappa shape index (κ1) is 9.71. The number of amides is 1. The Morgan fingerprint density at radius 1 is 1.50 bits per heavy atom. The molecule has 74 valence electrons. The summed E-state index contributed by atoms with van der Waals surface area (Å²) in [5, 5.41) is 2.94. The fourth-order valence-electron chi connectivity index (χ4n) is 1.32. The molecule has 2 rings (SSSR count). The van der Waals surface area contributed by atoms with E-state index < -0.39 is 0 Å². The van der Waals surface area contributed by atoms with Crippen molar-refractivity contribution in [3.8, 4) is 0 Å². The molecule has 2 nitrogen and oxygen atoms in total. The third-order valence-electron chi connectivity index (χ3n) is 2.47. The predicted molar refractivity (Wildman–Crippen MR) is 60.2 cm³/mol. The number of carbonyl (C=O) groups is 1. The zero-order valence-corrected chi connectivity index (χ0v) is 9.60. The molecule has 0 heterocycles. The van der Waals surface area contributed by atoms with Crippen LogP contribution in [0.25, 0.3) is 0 Å². The average molecular weight is 254 g/mol. The van der Waals surface area contributed by atoms with E-state index in [4.69, 9.17) is 0 Å². The van der Waals surface area contributed by atoms with Crippen molar-refractivity contribution in [1.82, 2.24) is 0 Å². The van der Waals surface area contributed by atoms with Gasteiger partial charge >= 0.3 is 0 Å². The van der Waals surface area contributed by atoms with Crippen molar-refractivity contribution in [2.75, 3.05) is 5.32 Å². The van der Waals surface area contributed by atoms with Gasteiger partial charge in [0.15, 0.2) is 0 Å². The van der Waals surface area contributed by atoms with Crippen molar-refractivity contribution in [3.63, 3.8) is 0 Å². The summed E-state index contributed by atoms with van der Waals surface area (Å²) in [6, 6.07) is 5.84. The Hall–Kier alpha value is -0.830. The molecule has 0 atom stereocenters. The van der Waals surface area contributed by atoms with Crippen LogP contribution < -0.4 is 5.32 Å². The molecule has 1 aliphatic carbocycles. The molecule has 14 heavy (non-hydrogen) atoms. The van der Waals surface area contributed by atoms with Crippen LogP contribution in [0.5, 0.6) is 0 Å². The summed E-state index contributed by atoms with van der Waals surface area (Å²) in [6.45, 7) is 1.99. The first-order valence-corrected chi connectivity index (χ1v) is 5.54. The van der Waals surface area contributed by atoms with Gasteiger partial charge in [0.2, 0.25) is 5.91 Å². The van der Waals surface area contributed by atoms with Gasteiger partial charge in [0.1, 0.15) is 0 Å². The quantitative estimate of drug-likeness (QED) is 0.863. The van der Waals surface area contributed by atoms with E-state index in [2.05, 4.69) is 21.2 Å². The molecule has 0 radical (unpaired) electrons. The standard InChI is InChI=1S/C11H12BrNO/c1-7-9(12)3-2-4-10(7)13-11(14)8-5-6-8/h2-4,8H,5-6H2,1H3,(H,13,14). The van der Waals surface area contributed by atoms with E-state index in [9.17, 15) is 4.79 Å². The maximum Gasteiger partial charge on any atom is 0.227 e. The van der Waals surface area contributed by atoms with Crippen LogP contribution in [-0.4, -0.2) is 5.91 Å². The number of hydrogen-bond donors (Lipinski definition) is 1. The third-order valence-corrected chi connectivity index (χ3v) is 3.33. The zero-order chi connectivity index (χ0) is 10.1. The molecule has 1 aliphatic rings. The van der Waals surface area contributed by atoms with Crippen LogP contribution in [0.15, 0.2) is 22.7 Å². The second-order valence-corrected chi connectivity index (χ2v) is 4.53. The van der Waals surface area contributed by atoms with Crippen molar-refractivity contribution in [2.45, 2.75) is 19.8 Å². The molecule has 1 aromatic rings. The fraction of sp³-hybridized carbons (Fsp3) is 0.364. The molecule has 1 saturated carbocycles. The molecule has 1 N–H and O–H groups in total. The van der Waals surface area contributed by atoms with E-state index in [0.717, 1.165) is 28.6 Å². The Kier molecular flexibility index (Phi) is 2.59. The monoisotopic (exact) mass is 253 g/mol. The lowest BCUT2D eigenvalue weighted by atomic mass is 10.2. The highest BCUT2D eigenvalue weighted by Crippen LogP contribution is 2.31. The van der Waals surface area contributed by atoms with E-state index in [1.54, 1.807) is 0 Å². The molecule has 0 unspecified atom stereocenters. The molecule has 0 spiro atoms. The minimum Gasteiger partial charge on any atom is -0.326 e. The van der Waals surface area contributed by atoms with Crippen LogP contribution in [0.4, 0.5) is 5.69 Å². The summed E-state index contributed by atoms with van der Waals surface area (Å²) >= 11 is 3.44. The van der Waals surface area contributed by atoms with Crippen molar-refractivity contribution in [3.05, 3.63) is 28.2 Å². The van der Waals surface area contributed by atoms with E-state index >= 15 is 0 Å². The molecule has 0 aromatic heterocycles. The molecule has 1 amide bonds. The van der Waals surface area contributed by atoms with Crippen molar-refractivity contribution >= 4 is 27.5 Å². The van der Waals surface area contributed by atoms with Gasteiger partial charge in [-0.25, -0.2) is 0 Å². The maximum atomic E-state index is 11.5. The second kappa shape index (κ2) is 3.73. The van der Waals surface area contributed by atoms with E-state index in [1.807, 2.05) is 25.1 Å². The van der Waals surface area contributed by atoms with E-state index in [1.165, 1.54) is 0 Å². The van der Waals surface area contributed by atoms with Gasteiger partial charge in [-0.1, -0.05) is 22.0 Å². The van der Waals surface area contributed by atoms with Crippen LogP contribution in [0.3, 0.4) is 0 Å². The highest BCUT2D eigenvalue weighted by Gasteiger charge is 2.29. The Morgan fingerprint density at radius 2 is 2.21 bits per heavy atom. The van der Waals surface area contributed by atoms with Gasteiger partial charge in [0.25, 0.3) is 0 Å². The number of halogens is 1. The molecule has 0 bridgehead atoms. The number of carbonyl (C=O) groups excluding carboxylic acids is 1. The maximum absolute atomic E-state index is 11.5. The summed E-state index contributed by atoms with van der Waals surface area (Å²) in [7, 11) is 0. The van der Waals surface area contributed by atoms with Gasteiger partial charge in [-0.3, -0.25) is 4.79 Å². The Morgan fingerprint density at radius 3 is 2.86 bits per heavy atom. The van der Waals surface area contributed by atoms with Crippen molar-refractivity contribution in [2.24, 2.45) is 5.92 Å². The Bertz CT molecular complexity index is 372. The van der Waals surface area contributed by atoms with Crippen LogP contribution in [0, 0.1) is 12.8 Å². The highest BCUT2D eigenvalue weighted by molar-refractivity contribution is 9.10.